The Hall–Kier alpha value is -3.77. The van der Waals surface area contributed by atoms with Crippen molar-refractivity contribution in [2.24, 2.45) is 0 Å². The van der Waals surface area contributed by atoms with Crippen molar-refractivity contribution in [2.45, 2.75) is 32.4 Å². The molecule has 0 aliphatic carbocycles. The standard InChI is InChI=1S/C28H30N2O4/c1-18(2)34-27-12-11-20(19-7-6-8-23(14-19)33-3)15-25(27)28(32)30-22(17-31)13-21-16-29-26-10-5-4-9-24(21)26/h4-12,14-16,18,22,29,31H,13,17H2,1-3H3,(H,30,32)/t22-/m1/s1. The number of rotatable bonds is 9. The molecule has 6 nitrogen and oxygen atoms in total. The van der Waals surface area contributed by atoms with Gasteiger partial charge in [0.25, 0.3) is 5.91 Å². The molecule has 0 bridgehead atoms. The van der Waals surface area contributed by atoms with E-state index in [1.165, 1.54) is 0 Å². The number of benzene rings is 3. The fourth-order valence-corrected chi connectivity index (χ4v) is 4.04. The molecule has 0 saturated heterocycles. The number of aromatic nitrogens is 1. The third kappa shape index (κ3) is 5.24. The molecule has 1 aromatic heterocycles. The summed E-state index contributed by atoms with van der Waals surface area (Å²) in [6, 6.07) is 20.8. The molecule has 3 N–H and O–H groups in total. The molecule has 0 spiro atoms. The van der Waals surface area contributed by atoms with Crippen LogP contribution in [0.15, 0.2) is 72.9 Å². The molecule has 34 heavy (non-hydrogen) atoms. The Bertz CT molecular complexity index is 1280. The minimum atomic E-state index is -0.445. The smallest absolute Gasteiger partial charge is 0.255 e. The lowest BCUT2D eigenvalue weighted by atomic mass is 10.0. The highest BCUT2D eigenvalue weighted by molar-refractivity contribution is 5.98. The van der Waals surface area contributed by atoms with Gasteiger partial charge < -0.3 is 24.9 Å². The number of methoxy groups -OCH3 is 1. The van der Waals surface area contributed by atoms with Crippen LogP contribution in [0, 0.1) is 0 Å². The topological polar surface area (TPSA) is 83.6 Å². The Labute approximate surface area is 199 Å². The summed E-state index contributed by atoms with van der Waals surface area (Å²) in [5.41, 5.74) is 4.29. The van der Waals surface area contributed by atoms with Gasteiger partial charge in [0.1, 0.15) is 11.5 Å². The van der Waals surface area contributed by atoms with E-state index in [4.69, 9.17) is 9.47 Å². The molecule has 0 unspecified atom stereocenters. The number of ether oxygens (including phenoxy) is 2. The molecule has 6 heteroatoms. The molecular weight excluding hydrogens is 428 g/mol. The van der Waals surface area contributed by atoms with Crippen molar-refractivity contribution >= 4 is 16.8 Å². The van der Waals surface area contributed by atoms with E-state index in [0.29, 0.717) is 17.7 Å². The lowest BCUT2D eigenvalue weighted by Crippen LogP contribution is -2.39. The molecule has 1 atom stereocenters. The molecule has 4 rings (SSSR count). The summed E-state index contributed by atoms with van der Waals surface area (Å²) in [7, 11) is 1.63. The van der Waals surface area contributed by atoms with Crippen molar-refractivity contribution in [3.8, 4) is 22.6 Å². The van der Waals surface area contributed by atoms with Crippen molar-refractivity contribution < 1.29 is 19.4 Å². The second kappa shape index (κ2) is 10.4. The highest BCUT2D eigenvalue weighted by atomic mass is 16.5. The van der Waals surface area contributed by atoms with Gasteiger partial charge in [-0.1, -0.05) is 36.4 Å². The average molecular weight is 459 g/mol. The lowest BCUT2D eigenvalue weighted by Gasteiger charge is -2.19. The number of aliphatic hydroxyl groups excluding tert-OH is 1. The van der Waals surface area contributed by atoms with Gasteiger partial charge in [-0.15, -0.1) is 0 Å². The van der Waals surface area contributed by atoms with E-state index in [1.54, 1.807) is 7.11 Å². The maximum atomic E-state index is 13.4. The van der Waals surface area contributed by atoms with Crippen LogP contribution in [0.25, 0.3) is 22.0 Å². The predicted molar refractivity (Wildman–Crippen MR) is 135 cm³/mol. The van der Waals surface area contributed by atoms with Crippen LogP contribution in [0.5, 0.6) is 11.5 Å². The van der Waals surface area contributed by atoms with Crippen LogP contribution >= 0.6 is 0 Å². The number of aliphatic hydroxyl groups is 1. The molecule has 176 valence electrons. The second-order valence-electron chi connectivity index (χ2n) is 8.53. The lowest BCUT2D eigenvalue weighted by molar-refractivity contribution is 0.0910. The number of carbonyl (C=O) groups is 1. The number of para-hydroxylation sites is 1. The van der Waals surface area contributed by atoms with Crippen molar-refractivity contribution in [2.75, 3.05) is 13.7 Å². The van der Waals surface area contributed by atoms with Crippen molar-refractivity contribution in [3.05, 3.63) is 84.1 Å². The zero-order chi connectivity index (χ0) is 24.1. The molecule has 1 amide bonds. The Balaban J connectivity index is 1.61. The van der Waals surface area contributed by atoms with Crippen LogP contribution in [-0.4, -0.2) is 41.9 Å². The number of hydrogen-bond donors (Lipinski definition) is 3. The fraction of sp³-hybridized carbons (Fsp3) is 0.250. The first kappa shape index (κ1) is 23.4. The van der Waals surface area contributed by atoms with Gasteiger partial charge in [0, 0.05) is 17.1 Å². The van der Waals surface area contributed by atoms with Crippen LogP contribution in [0.4, 0.5) is 0 Å². The number of H-pyrrole nitrogens is 1. The highest BCUT2D eigenvalue weighted by Crippen LogP contribution is 2.30. The molecule has 0 saturated carbocycles. The summed E-state index contributed by atoms with van der Waals surface area (Å²) in [6.45, 7) is 3.66. The van der Waals surface area contributed by atoms with Gasteiger partial charge in [0.2, 0.25) is 0 Å². The molecule has 0 aliphatic rings. The summed E-state index contributed by atoms with van der Waals surface area (Å²) in [5, 5.41) is 14.1. The van der Waals surface area contributed by atoms with Gasteiger partial charge in [-0.3, -0.25) is 4.79 Å². The van der Waals surface area contributed by atoms with Gasteiger partial charge in [-0.2, -0.15) is 0 Å². The Morgan fingerprint density at radius 2 is 1.82 bits per heavy atom. The molecular formula is C28H30N2O4. The minimum Gasteiger partial charge on any atom is -0.497 e. The first-order valence-corrected chi connectivity index (χ1v) is 11.4. The highest BCUT2D eigenvalue weighted by Gasteiger charge is 2.20. The van der Waals surface area contributed by atoms with E-state index in [-0.39, 0.29) is 18.6 Å². The Morgan fingerprint density at radius 1 is 1.03 bits per heavy atom. The zero-order valence-corrected chi connectivity index (χ0v) is 19.7. The van der Waals surface area contributed by atoms with Crippen molar-refractivity contribution in [1.29, 1.82) is 0 Å². The first-order valence-electron chi connectivity index (χ1n) is 11.4. The molecule has 3 aromatic carbocycles. The number of hydrogen-bond acceptors (Lipinski definition) is 4. The van der Waals surface area contributed by atoms with Gasteiger partial charge in [-0.05, 0) is 67.3 Å². The number of amides is 1. The predicted octanol–water partition coefficient (Wildman–Crippen LogP) is 4.96. The zero-order valence-electron chi connectivity index (χ0n) is 19.7. The summed E-state index contributed by atoms with van der Waals surface area (Å²) in [6.07, 6.45) is 2.34. The number of aromatic amines is 1. The average Bonchev–Trinajstić information content (AvgIpc) is 3.26. The van der Waals surface area contributed by atoms with Crippen LogP contribution in [0.2, 0.25) is 0 Å². The SMILES string of the molecule is COc1cccc(-c2ccc(OC(C)C)c(C(=O)N[C@@H](CO)Cc3c[nH]c4ccccc34)c2)c1. The van der Waals surface area contributed by atoms with E-state index in [2.05, 4.69) is 10.3 Å². The van der Waals surface area contributed by atoms with Gasteiger partial charge in [0.05, 0.1) is 31.4 Å². The number of carbonyl (C=O) groups excluding carboxylic acids is 1. The minimum absolute atomic E-state index is 0.0888. The third-order valence-corrected chi connectivity index (χ3v) is 5.69. The van der Waals surface area contributed by atoms with Gasteiger partial charge >= 0.3 is 0 Å². The van der Waals surface area contributed by atoms with E-state index in [1.807, 2.05) is 86.8 Å². The van der Waals surface area contributed by atoms with E-state index < -0.39 is 6.04 Å². The number of nitrogens with one attached hydrogen (secondary N) is 2. The maximum absolute atomic E-state index is 13.4. The van der Waals surface area contributed by atoms with E-state index in [0.717, 1.165) is 33.3 Å². The van der Waals surface area contributed by atoms with Crippen LogP contribution in [0.3, 0.4) is 0 Å². The van der Waals surface area contributed by atoms with Crippen LogP contribution in [0.1, 0.15) is 29.8 Å². The van der Waals surface area contributed by atoms with Crippen molar-refractivity contribution in [3.63, 3.8) is 0 Å². The summed E-state index contributed by atoms with van der Waals surface area (Å²) >= 11 is 0. The van der Waals surface area contributed by atoms with Crippen LogP contribution in [-0.2, 0) is 6.42 Å². The molecule has 4 aromatic rings. The quantitative estimate of drug-likeness (QED) is 0.331. The summed E-state index contributed by atoms with van der Waals surface area (Å²) in [4.78, 5) is 16.6. The molecule has 0 radical (unpaired) electrons. The van der Waals surface area contributed by atoms with Crippen LogP contribution < -0.4 is 14.8 Å². The second-order valence-corrected chi connectivity index (χ2v) is 8.53. The fourth-order valence-electron chi connectivity index (χ4n) is 4.04. The molecule has 1 heterocycles. The normalized spacial score (nSPS) is 12.0. The third-order valence-electron chi connectivity index (χ3n) is 5.69. The summed E-state index contributed by atoms with van der Waals surface area (Å²) in [5.74, 6) is 0.951. The number of fused-ring (bicyclic) bond motifs is 1. The maximum Gasteiger partial charge on any atom is 0.255 e. The largest absolute Gasteiger partial charge is 0.497 e. The van der Waals surface area contributed by atoms with Gasteiger partial charge in [-0.25, -0.2) is 0 Å². The van der Waals surface area contributed by atoms with Crippen molar-refractivity contribution in [1.82, 2.24) is 10.3 Å². The Morgan fingerprint density at radius 3 is 2.59 bits per heavy atom. The first-order chi connectivity index (χ1) is 16.5. The van der Waals surface area contributed by atoms with Gasteiger partial charge in [0.15, 0.2) is 0 Å². The monoisotopic (exact) mass is 458 g/mol. The molecule has 0 aliphatic heterocycles. The molecule has 0 fully saturated rings. The van der Waals surface area contributed by atoms with E-state index in [9.17, 15) is 9.90 Å². The summed E-state index contributed by atoms with van der Waals surface area (Å²) < 4.78 is 11.3. The Kier molecular flexibility index (Phi) is 7.18. The van der Waals surface area contributed by atoms with E-state index >= 15 is 0 Å².